The molecule has 34 heavy (non-hydrogen) atoms. The van der Waals surface area contributed by atoms with E-state index in [4.69, 9.17) is 11.6 Å². The van der Waals surface area contributed by atoms with Crippen molar-refractivity contribution in [1.29, 1.82) is 0 Å². The number of hydrogen-bond donors (Lipinski definition) is 1. The maximum absolute atomic E-state index is 13.2. The second kappa shape index (κ2) is 9.32. The number of nitrogens with one attached hydrogen (secondary N) is 1. The largest absolute Gasteiger partial charge is 0.360 e. The standard InChI is InChI=1S/C25H22ClN3O4S/c1-28(16-17-6-4-3-5-7-17)25(31)22-15-27-23-13-12-20(14-21(23)24(22)30)34(32,33)29(2)19-10-8-18(26)9-11-19/h3-15H,16H2,1-2H3,(H,27,30). The van der Waals surface area contributed by atoms with Crippen LogP contribution in [0.25, 0.3) is 10.9 Å². The van der Waals surface area contributed by atoms with Crippen molar-refractivity contribution in [2.45, 2.75) is 11.4 Å². The number of anilines is 1. The molecule has 0 unspecified atom stereocenters. The molecule has 4 aromatic rings. The van der Waals surface area contributed by atoms with E-state index >= 15 is 0 Å². The lowest BCUT2D eigenvalue weighted by molar-refractivity contribution is 0.0783. The van der Waals surface area contributed by atoms with Crippen molar-refractivity contribution in [2.24, 2.45) is 0 Å². The number of pyridine rings is 1. The molecule has 3 aromatic carbocycles. The van der Waals surface area contributed by atoms with Crippen LogP contribution in [0.5, 0.6) is 0 Å². The summed E-state index contributed by atoms with van der Waals surface area (Å²) in [6.07, 6.45) is 1.36. The van der Waals surface area contributed by atoms with Crippen LogP contribution in [0.15, 0.2) is 88.7 Å². The van der Waals surface area contributed by atoms with Crippen LogP contribution in [0, 0.1) is 0 Å². The van der Waals surface area contributed by atoms with Gasteiger partial charge < -0.3 is 9.88 Å². The minimum atomic E-state index is -3.96. The van der Waals surface area contributed by atoms with E-state index in [1.807, 2.05) is 30.3 Å². The number of carbonyl (C=O) groups is 1. The third-order valence-corrected chi connectivity index (χ3v) is 7.57. The van der Waals surface area contributed by atoms with Gasteiger partial charge in [-0.25, -0.2) is 8.42 Å². The Morgan fingerprint density at radius 3 is 2.32 bits per heavy atom. The zero-order valence-corrected chi connectivity index (χ0v) is 20.1. The van der Waals surface area contributed by atoms with Crippen LogP contribution >= 0.6 is 11.6 Å². The number of amides is 1. The van der Waals surface area contributed by atoms with Gasteiger partial charge in [0.15, 0.2) is 0 Å². The first kappa shape index (κ1) is 23.5. The van der Waals surface area contributed by atoms with Gasteiger partial charge in [0.25, 0.3) is 15.9 Å². The molecule has 4 rings (SSSR count). The molecule has 0 spiro atoms. The minimum absolute atomic E-state index is 0.0634. The molecule has 1 amide bonds. The quantitative estimate of drug-likeness (QED) is 0.432. The number of fused-ring (bicyclic) bond motifs is 1. The van der Waals surface area contributed by atoms with E-state index in [0.717, 1.165) is 9.87 Å². The molecule has 0 bridgehead atoms. The normalized spacial score (nSPS) is 11.4. The number of carbonyl (C=O) groups excluding carboxylic acids is 1. The van der Waals surface area contributed by atoms with Crippen LogP contribution < -0.4 is 9.73 Å². The van der Waals surface area contributed by atoms with E-state index < -0.39 is 21.4 Å². The molecule has 7 nitrogen and oxygen atoms in total. The summed E-state index contributed by atoms with van der Waals surface area (Å²) in [5, 5.41) is 0.603. The Morgan fingerprint density at radius 2 is 1.65 bits per heavy atom. The zero-order chi connectivity index (χ0) is 24.5. The second-order valence-corrected chi connectivity index (χ2v) is 10.2. The van der Waals surface area contributed by atoms with Crippen LogP contribution in [0.2, 0.25) is 5.02 Å². The molecule has 1 heterocycles. The Labute approximate surface area is 202 Å². The molecule has 0 saturated carbocycles. The van der Waals surface area contributed by atoms with E-state index in [9.17, 15) is 18.0 Å². The van der Waals surface area contributed by atoms with Crippen LogP contribution in [0.1, 0.15) is 15.9 Å². The first-order chi connectivity index (χ1) is 16.2. The number of nitrogens with zero attached hydrogens (tertiary/aromatic N) is 2. The van der Waals surface area contributed by atoms with Crippen molar-refractivity contribution < 1.29 is 13.2 Å². The lowest BCUT2D eigenvalue weighted by Gasteiger charge is -2.20. The Hall–Kier alpha value is -3.62. The number of H-pyrrole nitrogens is 1. The van der Waals surface area contributed by atoms with Gasteiger partial charge in [-0.3, -0.25) is 13.9 Å². The minimum Gasteiger partial charge on any atom is -0.360 e. The van der Waals surface area contributed by atoms with Crippen LogP contribution in [-0.4, -0.2) is 38.3 Å². The van der Waals surface area contributed by atoms with Crippen LogP contribution in [0.4, 0.5) is 5.69 Å². The van der Waals surface area contributed by atoms with E-state index in [2.05, 4.69) is 4.98 Å². The monoisotopic (exact) mass is 495 g/mol. The average molecular weight is 496 g/mol. The van der Waals surface area contributed by atoms with E-state index in [1.54, 1.807) is 31.3 Å². The molecule has 0 aliphatic rings. The molecular weight excluding hydrogens is 474 g/mol. The number of sulfonamides is 1. The molecule has 0 aliphatic carbocycles. The fourth-order valence-electron chi connectivity index (χ4n) is 3.60. The second-order valence-electron chi connectivity index (χ2n) is 7.83. The number of aromatic nitrogens is 1. The van der Waals surface area contributed by atoms with Crippen LogP contribution in [0.3, 0.4) is 0 Å². The molecule has 0 saturated heterocycles. The molecule has 0 aliphatic heterocycles. The van der Waals surface area contributed by atoms with Crippen molar-refractivity contribution in [1.82, 2.24) is 9.88 Å². The van der Waals surface area contributed by atoms with Gasteiger partial charge in [-0.15, -0.1) is 0 Å². The van der Waals surface area contributed by atoms with Crippen molar-refractivity contribution in [3.8, 4) is 0 Å². The summed E-state index contributed by atoms with van der Waals surface area (Å²) in [4.78, 5) is 30.5. The molecule has 0 radical (unpaired) electrons. The molecule has 1 N–H and O–H groups in total. The number of hydrogen-bond acceptors (Lipinski definition) is 4. The Kier molecular flexibility index (Phi) is 6.45. The molecule has 0 atom stereocenters. The third kappa shape index (κ3) is 4.55. The van der Waals surface area contributed by atoms with Crippen molar-refractivity contribution in [3.63, 3.8) is 0 Å². The lowest BCUT2D eigenvalue weighted by Crippen LogP contribution is -2.31. The van der Waals surface area contributed by atoms with Crippen LogP contribution in [-0.2, 0) is 16.6 Å². The van der Waals surface area contributed by atoms with Gasteiger partial charge in [0, 0.05) is 42.8 Å². The highest BCUT2D eigenvalue weighted by molar-refractivity contribution is 7.92. The van der Waals surface area contributed by atoms with Gasteiger partial charge in [0.2, 0.25) is 5.43 Å². The topological polar surface area (TPSA) is 90.6 Å². The summed E-state index contributed by atoms with van der Waals surface area (Å²) in [5.41, 5.74) is 1.18. The predicted octanol–water partition coefficient (Wildman–Crippen LogP) is 4.28. The van der Waals surface area contributed by atoms with E-state index in [0.29, 0.717) is 22.8 Å². The van der Waals surface area contributed by atoms with Crippen molar-refractivity contribution >= 4 is 44.1 Å². The Morgan fingerprint density at radius 1 is 0.971 bits per heavy atom. The first-order valence-electron chi connectivity index (χ1n) is 10.4. The fraction of sp³-hybridized carbons (Fsp3) is 0.120. The maximum atomic E-state index is 13.2. The Bertz CT molecular complexity index is 1520. The molecular formula is C25H22ClN3O4S. The number of halogens is 1. The highest BCUT2D eigenvalue weighted by Crippen LogP contribution is 2.25. The number of aromatic amines is 1. The summed E-state index contributed by atoms with van der Waals surface area (Å²) >= 11 is 5.90. The van der Waals surface area contributed by atoms with Gasteiger partial charge in [-0.05, 0) is 48.0 Å². The average Bonchev–Trinajstić information content (AvgIpc) is 2.84. The van der Waals surface area contributed by atoms with Gasteiger partial charge >= 0.3 is 0 Å². The summed E-state index contributed by atoms with van der Waals surface area (Å²) in [5.74, 6) is -0.460. The van der Waals surface area contributed by atoms with Gasteiger partial charge in [0.1, 0.15) is 5.56 Å². The summed E-state index contributed by atoms with van der Waals surface area (Å²) < 4.78 is 27.5. The van der Waals surface area contributed by atoms with Gasteiger partial charge in [-0.2, -0.15) is 0 Å². The van der Waals surface area contributed by atoms with Crippen molar-refractivity contribution in [3.05, 3.63) is 105 Å². The van der Waals surface area contributed by atoms with E-state index in [1.165, 1.54) is 36.3 Å². The van der Waals surface area contributed by atoms with Crippen molar-refractivity contribution in [2.75, 3.05) is 18.4 Å². The van der Waals surface area contributed by atoms with Gasteiger partial charge in [0.05, 0.1) is 10.6 Å². The zero-order valence-electron chi connectivity index (χ0n) is 18.5. The first-order valence-corrected chi connectivity index (χ1v) is 12.2. The molecule has 0 fully saturated rings. The maximum Gasteiger partial charge on any atom is 0.264 e. The number of benzene rings is 3. The summed E-state index contributed by atoms with van der Waals surface area (Å²) in [7, 11) is -0.927. The molecule has 1 aromatic heterocycles. The third-order valence-electron chi connectivity index (χ3n) is 5.54. The number of rotatable bonds is 6. The highest BCUT2D eigenvalue weighted by atomic mass is 35.5. The predicted molar refractivity (Wildman–Crippen MR) is 134 cm³/mol. The fourth-order valence-corrected chi connectivity index (χ4v) is 4.95. The highest BCUT2D eigenvalue weighted by Gasteiger charge is 2.23. The smallest absolute Gasteiger partial charge is 0.264 e. The molecule has 174 valence electrons. The van der Waals surface area contributed by atoms with E-state index in [-0.39, 0.29) is 15.8 Å². The Balaban J connectivity index is 1.69. The SMILES string of the molecule is CN(Cc1ccccc1)C(=O)c1c[nH]c2ccc(S(=O)(=O)N(C)c3ccc(Cl)cc3)cc2c1=O. The van der Waals surface area contributed by atoms with Gasteiger partial charge in [-0.1, -0.05) is 41.9 Å². The molecule has 9 heteroatoms. The summed E-state index contributed by atoms with van der Waals surface area (Å²) in [6, 6.07) is 20.0. The summed E-state index contributed by atoms with van der Waals surface area (Å²) in [6.45, 7) is 0.331. The lowest BCUT2D eigenvalue weighted by atomic mass is 10.1.